The summed E-state index contributed by atoms with van der Waals surface area (Å²) in [6.45, 7) is 2.04. The van der Waals surface area contributed by atoms with Crippen molar-refractivity contribution in [1.29, 1.82) is 0 Å². The molecule has 0 unspecified atom stereocenters. The van der Waals surface area contributed by atoms with Crippen LogP contribution in [0.5, 0.6) is 0 Å². The summed E-state index contributed by atoms with van der Waals surface area (Å²) in [5.41, 5.74) is -0.465. The summed E-state index contributed by atoms with van der Waals surface area (Å²) in [5.74, 6) is 0. The van der Waals surface area contributed by atoms with E-state index in [1.807, 2.05) is 4.90 Å². The normalized spacial score (nSPS) is 18.3. The first-order chi connectivity index (χ1) is 8.07. The van der Waals surface area contributed by atoms with Gasteiger partial charge in [0.1, 0.15) is 0 Å². The van der Waals surface area contributed by atoms with Crippen molar-refractivity contribution in [1.82, 2.24) is 9.88 Å². The van der Waals surface area contributed by atoms with Gasteiger partial charge >= 0.3 is 6.18 Å². The summed E-state index contributed by atoms with van der Waals surface area (Å²) in [5, 5.41) is 0. The molecule has 1 aliphatic heterocycles. The van der Waals surface area contributed by atoms with Crippen LogP contribution in [0.25, 0.3) is 0 Å². The van der Waals surface area contributed by atoms with E-state index in [2.05, 4.69) is 4.98 Å². The van der Waals surface area contributed by atoms with Gasteiger partial charge in [-0.2, -0.15) is 13.2 Å². The van der Waals surface area contributed by atoms with E-state index in [9.17, 15) is 13.2 Å². The average molecular weight is 244 g/mol. The van der Waals surface area contributed by atoms with Crippen LogP contribution in [-0.2, 0) is 12.7 Å². The summed E-state index contributed by atoms with van der Waals surface area (Å²) in [6, 6.07) is 2.44. The number of hydrogen-bond acceptors (Lipinski definition) is 2. The largest absolute Gasteiger partial charge is 0.418 e. The number of pyridine rings is 1. The van der Waals surface area contributed by atoms with Crippen molar-refractivity contribution in [3.63, 3.8) is 0 Å². The van der Waals surface area contributed by atoms with Crippen LogP contribution in [0.2, 0.25) is 0 Å². The van der Waals surface area contributed by atoms with Crippen molar-refractivity contribution in [2.75, 3.05) is 13.1 Å². The summed E-state index contributed by atoms with van der Waals surface area (Å²) in [7, 11) is 0. The van der Waals surface area contributed by atoms with Crippen molar-refractivity contribution in [2.45, 2.75) is 32.0 Å². The Balaban J connectivity index is 2.14. The number of piperidine rings is 1. The van der Waals surface area contributed by atoms with Gasteiger partial charge in [0.05, 0.1) is 11.3 Å². The molecule has 1 aliphatic rings. The third kappa shape index (κ3) is 3.19. The molecule has 17 heavy (non-hydrogen) atoms. The molecule has 94 valence electrons. The Morgan fingerprint density at radius 3 is 2.53 bits per heavy atom. The van der Waals surface area contributed by atoms with Gasteiger partial charge in [-0.25, -0.2) is 0 Å². The Kier molecular flexibility index (Phi) is 3.66. The number of rotatable bonds is 2. The predicted octanol–water partition coefficient (Wildman–Crippen LogP) is 3.09. The van der Waals surface area contributed by atoms with Gasteiger partial charge in [0, 0.05) is 12.7 Å². The highest BCUT2D eigenvalue weighted by atomic mass is 19.4. The van der Waals surface area contributed by atoms with Crippen molar-refractivity contribution >= 4 is 0 Å². The van der Waals surface area contributed by atoms with E-state index in [0.717, 1.165) is 32.0 Å². The molecule has 0 aromatic carbocycles. The lowest BCUT2D eigenvalue weighted by Crippen LogP contribution is -2.30. The molecule has 1 saturated heterocycles. The van der Waals surface area contributed by atoms with Crippen LogP contribution >= 0.6 is 0 Å². The zero-order chi connectivity index (χ0) is 12.3. The number of alkyl halides is 3. The maximum absolute atomic E-state index is 12.7. The van der Waals surface area contributed by atoms with Gasteiger partial charge in [0.2, 0.25) is 0 Å². The quantitative estimate of drug-likeness (QED) is 0.794. The van der Waals surface area contributed by atoms with E-state index in [0.29, 0.717) is 6.54 Å². The number of likely N-dealkylation sites (tertiary alicyclic amines) is 1. The van der Waals surface area contributed by atoms with E-state index in [4.69, 9.17) is 0 Å². The van der Waals surface area contributed by atoms with E-state index < -0.39 is 11.7 Å². The molecule has 5 heteroatoms. The maximum Gasteiger partial charge on any atom is 0.418 e. The summed E-state index contributed by atoms with van der Waals surface area (Å²) in [6.07, 6.45) is 0.418. The zero-order valence-electron chi connectivity index (χ0n) is 9.50. The topological polar surface area (TPSA) is 16.1 Å². The zero-order valence-corrected chi connectivity index (χ0v) is 9.50. The van der Waals surface area contributed by atoms with Crippen LogP contribution < -0.4 is 0 Å². The highest BCUT2D eigenvalue weighted by Crippen LogP contribution is 2.31. The molecular formula is C12H15F3N2. The minimum Gasteiger partial charge on any atom is -0.297 e. The van der Waals surface area contributed by atoms with Crippen molar-refractivity contribution in [3.05, 3.63) is 29.6 Å². The smallest absolute Gasteiger partial charge is 0.297 e. The Labute approximate surface area is 98.5 Å². The van der Waals surface area contributed by atoms with Gasteiger partial charge in [-0.15, -0.1) is 0 Å². The fourth-order valence-electron chi connectivity index (χ4n) is 2.15. The van der Waals surface area contributed by atoms with Gasteiger partial charge in [-0.05, 0) is 38.1 Å². The Bertz CT molecular complexity index is 370. The molecule has 0 bridgehead atoms. The van der Waals surface area contributed by atoms with Crippen molar-refractivity contribution in [2.24, 2.45) is 0 Å². The van der Waals surface area contributed by atoms with Crippen LogP contribution in [0.3, 0.4) is 0 Å². The van der Waals surface area contributed by atoms with E-state index in [1.54, 1.807) is 0 Å². The number of hydrogen-bond donors (Lipinski definition) is 0. The molecule has 2 nitrogen and oxygen atoms in total. The van der Waals surface area contributed by atoms with E-state index in [1.165, 1.54) is 18.7 Å². The molecular weight excluding hydrogens is 229 g/mol. The Hall–Kier alpha value is -1.10. The third-order valence-corrected chi connectivity index (χ3v) is 3.02. The van der Waals surface area contributed by atoms with E-state index >= 15 is 0 Å². The molecule has 1 aromatic rings. The van der Waals surface area contributed by atoms with Gasteiger partial charge in [0.25, 0.3) is 0 Å². The number of halogens is 3. The minimum absolute atomic E-state index is 0.141. The van der Waals surface area contributed by atoms with Crippen LogP contribution in [-0.4, -0.2) is 23.0 Å². The average Bonchev–Trinajstić information content (AvgIpc) is 2.30. The van der Waals surface area contributed by atoms with Gasteiger partial charge in [-0.1, -0.05) is 6.42 Å². The second-order valence-corrected chi connectivity index (χ2v) is 4.33. The molecule has 2 rings (SSSR count). The second kappa shape index (κ2) is 5.04. The van der Waals surface area contributed by atoms with Crippen molar-refractivity contribution in [3.8, 4) is 0 Å². The van der Waals surface area contributed by atoms with E-state index in [-0.39, 0.29) is 5.69 Å². The summed E-state index contributed by atoms with van der Waals surface area (Å²) >= 11 is 0. The molecule has 2 heterocycles. The molecule has 0 saturated carbocycles. The van der Waals surface area contributed by atoms with Crippen LogP contribution in [0, 0.1) is 0 Å². The number of nitrogens with zero attached hydrogens (tertiary/aromatic N) is 2. The SMILES string of the molecule is FC(F)(F)c1cccnc1CN1CCCCC1. The molecule has 0 radical (unpaired) electrons. The first-order valence-electron chi connectivity index (χ1n) is 5.81. The molecule has 1 fully saturated rings. The second-order valence-electron chi connectivity index (χ2n) is 4.33. The van der Waals surface area contributed by atoms with Crippen LogP contribution in [0.1, 0.15) is 30.5 Å². The number of aromatic nitrogens is 1. The predicted molar refractivity (Wildman–Crippen MR) is 58.4 cm³/mol. The fraction of sp³-hybridized carbons (Fsp3) is 0.583. The first kappa shape index (κ1) is 12.4. The summed E-state index contributed by atoms with van der Waals surface area (Å²) in [4.78, 5) is 5.92. The summed E-state index contributed by atoms with van der Waals surface area (Å²) < 4.78 is 38.2. The van der Waals surface area contributed by atoms with Crippen molar-refractivity contribution < 1.29 is 13.2 Å². The lowest BCUT2D eigenvalue weighted by molar-refractivity contribution is -0.138. The standard InChI is InChI=1S/C12H15F3N2/c13-12(14,15)10-5-4-6-16-11(10)9-17-7-2-1-3-8-17/h4-6H,1-3,7-9H2. The molecule has 0 atom stereocenters. The Morgan fingerprint density at radius 1 is 1.18 bits per heavy atom. The highest BCUT2D eigenvalue weighted by molar-refractivity contribution is 5.22. The Morgan fingerprint density at radius 2 is 1.88 bits per heavy atom. The van der Waals surface area contributed by atoms with Crippen LogP contribution in [0.4, 0.5) is 13.2 Å². The molecule has 0 amide bonds. The molecule has 0 N–H and O–H groups in total. The lowest BCUT2D eigenvalue weighted by Gasteiger charge is -2.26. The van der Waals surface area contributed by atoms with Gasteiger partial charge in [0.15, 0.2) is 0 Å². The monoisotopic (exact) mass is 244 g/mol. The molecule has 0 spiro atoms. The first-order valence-corrected chi connectivity index (χ1v) is 5.81. The van der Waals surface area contributed by atoms with Gasteiger partial charge in [-0.3, -0.25) is 9.88 Å². The lowest BCUT2D eigenvalue weighted by atomic mass is 10.1. The fourth-order valence-corrected chi connectivity index (χ4v) is 2.15. The van der Waals surface area contributed by atoms with Crippen LogP contribution in [0.15, 0.2) is 18.3 Å². The minimum atomic E-state index is -4.31. The highest BCUT2D eigenvalue weighted by Gasteiger charge is 2.34. The van der Waals surface area contributed by atoms with Gasteiger partial charge < -0.3 is 0 Å². The molecule has 0 aliphatic carbocycles. The molecule has 1 aromatic heterocycles. The third-order valence-electron chi connectivity index (χ3n) is 3.02. The maximum atomic E-state index is 12.7.